The molecule has 2 aromatic rings. The Morgan fingerprint density at radius 1 is 1.42 bits per heavy atom. The van der Waals surface area contributed by atoms with E-state index in [-0.39, 0.29) is 5.05 Å². The maximum absolute atomic E-state index is 5.94. The van der Waals surface area contributed by atoms with E-state index in [1.54, 1.807) is 12.4 Å². The average Bonchev–Trinajstić information content (AvgIpc) is 3.16. The van der Waals surface area contributed by atoms with Gasteiger partial charge in [-0.3, -0.25) is 0 Å². The van der Waals surface area contributed by atoms with Crippen LogP contribution in [0.1, 0.15) is 17.7 Å². The van der Waals surface area contributed by atoms with Crippen molar-refractivity contribution < 1.29 is 19.0 Å². The molecule has 1 saturated heterocycles. The number of rotatable bonds is 5. The Labute approximate surface area is 144 Å². The van der Waals surface area contributed by atoms with Gasteiger partial charge in [0.05, 0.1) is 12.8 Å². The number of thiocarbonyl (C=S) groups is 1. The van der Waals surface area contributed by atoms with Gasteiger partial charge in [-0.05, 0) is 12.2 Å². The Morgan fingerprint density at radius 3 is 2.96 bits per heavy atom. The Balaban J connectivity index is 1.70. The van der Waals surface area contributed by atoms with Crippen LogP contribution >= 0.6 is 12.2 Å². The van der Waals surface area contributed by atoms with Crippen LogP contribution in [0.5, 0.6) is 0 Å². The average molecular weight is 347 g/mol. The second-order valence-corrected chi connectivity index (χ2v) is 5.37. The van der Waals surface area contributed by atoms with Crippen LogP contribution in [0.2, 0.25) is 0 Å². The Bertz CT molecular complexity index is 678. The van der Waals surface area contributed by atoms with Gasteiger partial charge in [-0.25, -0.2) is 4.98 Å². The van der Waals surface area contributed by atoms with E-state index in [0.29, 0.717) is 12.4 Å². The maximum Gasteiger partial charge on any atom is 0.228 e. The van der Waals surface area contributed by atoms with Crippen molar-refractivity contribution in [3.8, 4) is 0 Å². The molecule has 3 atom stereocenters. The molecule has 0 bridgehead atoms. The number of nitrogens with zero attached hydrogens (tertiary/aromatic N) is 2. The minimum atomic E-state index is -0.503. The van der Waals surface area contributed by atoms with Crippen LogP contribution in [-0.2, 0) is 19.0 Å². The second kappa shape index (κ2) is 8.00. The molecule has 1 aliphatic heterocycles. The third kappa shape index (κ3) is 3.97. The van der Waals surface area contributed by atoms with Crippen LogP contribution in [0.4, 0.5) is 0 Å². The largest absolute Gasteiger partial charge is 0.472 e. The van der Waals surface area contributed by atoms with E-state index >= 15 is 0 Å². The first-order chi connectivity index (χ1) is 11.8. The summed E-state index contributed by atoms with van der Waals surface area (Å²) in [4.78, 5) is 11.7. The number of benzene rings is 1. The lowest BCUT2D eigenvalue weighted by molar-refractivity contribution is -0.234. The first kappa shape index (κ1) is 16.6. The standard InChI is InChI=1S/C16H17N3O4S/c1-20-19-9-12-13(23-16(24)14-17-7-8-18-14)10-21-15(22-12)11-5-3-2-4-6-11/h2-9,12-13,15H,10H2,1H3,(H,17,18)/b19-9+/t12-,13+,15+/m0/s1. The quantitative estimate of drug-likeness (QED) is 0.508. The minimum Gasteiger partial charge on any atom is -0.472 e. The lowest BCUT2D eigenvalue weighted by atomic mass is 10.1. The first-order valence-corrected chi connectivity index (χ1v) is 7.78. The molecule has 0 amide bonds. The molecule has 7 nitrogen and oxygen atoms in total. The van der Waals surface area contributed by atoms with E-state index in [0.717, 1.165) is 5.56 Å². The van der Waals surface area contributed by atoms with Gasteiger partial charge in [-0.2, -0.15) is 0 Å². The number of aromatic nitrogens is 2. The molecule has 1 N–H and O–H groups in total. The van der Waals surface area contributed by atoms with Crippen LogP contribution in [0.25, 0.3) is 0 Å². The Morgan fingerprint density at radius 2 is 2.25 bits per heavy atom. The van der Waals surface area contributed by atoms with E-state index < -0.39 is 18.5 Å². The highest BCUT2D eigenvalue weighted by Gasteiger charge is 2.34. The summed E-state index contributed by atoms with van der Waals surface area (Å²) in [5.74, 6) is 0.484. The van der Waals surface area contributed by atoms with Gasteiger partial charge in [-0.1, -0.05) is 35.5 Å². The van der Waals surface area contributed by atoms with E-state index in [9.17, 15) is 0 Å². The predicted octanol–water partition coefficient (Wildman–Crippen LogP) is 2.22. The summed E-state index contributed by atoms with van der Waals surface area (Å²) in [5, 5.41) is 4.03. The number of H-pyrrole nitrogens is 1. The van der Waals surface area contributed by atoms with E-state index in [2.05, 4.69) is 15.1 Å². The van der Waals surface area contributed by atoms with Gasteiger partial charge in [0.25, 0.3) is 0 Å². The molecule has 1 aromatic heterocycles. The molecule has 1 aromatic carbocycles. The van der Waals surface area contributed by atoms with Crippen molar-refractivity contribution in [3.63, 3.8) is 0 Å². The van der Waals surface area contributed by atoms with Crippen molar-refractivity contribution in [3.05, 3.63) is 54.1 Å². The normalized spacial score (nSPS) is 24.0. The summed E-state index contributed by atoms with van der Waals surface area (Å²) in [5.41, 5.74) is 0.917. The van der Waals surface area contributed by atoms with Crippen molar-refractivity contribution in [2.75, 3.05) is 13.7 Å². The minimum absolute atomic E-state index is 0.242. The first-order valence-electron chi connectivity index (χ1n) is 7.37. The molecule has 0 aliphatic carbocycles. The molecule has 2 heterocycles. The van der Waals surface area contributed by atoms with Crippen molar-refractivity contribution in [1.82, 2.24) is 9.97 Å². The summed E-state index contributed by atoms with van der Waals surface area (Å²) in [7, 11) is 1.47. The Hall–Kier alpha value is -2.29. The lowest BCUT2D eigenvalue weighted by Crippen LogP contribution is -2.44. The SMILES string of the molecule is CO/N=C/[C@@H]1O[C@H](c2ccccc2)OC[C@H]1OC(=S)c1ncc[nH]1. The van der Waals surface area contributed by atoms with Crippen LogP contribution in [-0.4, -0.2) is 47.2 Å². The lowest BCUT2D eigenvalue weighted by Gasteiger charge is -2.34. The molecule has 0 radical (unpaired) electrons. The number of hydrogen-bond acceptors (Lipinski definition) is 7. The van der Waals surface area contributed by atoms with Gasteiger partial charge < -0.3 is 24.0 Å². The van der Waals surface area contributed by atoms with Crippen molar-refractivity contribution in [2.24, 2.45) is 5.16 Å². The highest BCUT2D eigenvalue weighted by Crippen LogP contribution is 2.27. The topological polar surface area (TPSA) is 78.0 Å². The monoisotopic (exact) mass is 347 g/mol. The van der Waals surface area contributed by atoms with E-state index in [1.807, 2.05) is 30.3 Å². The second-order valence-electron chi connectivity index (χ2n) is 5.00. The van der Waals surface area contributed by atoms with Gasteiger partial charge in [0.2, 0.25) is 5.05 Å². The van der Waals surface area contributed by atoms with Gasteiger partial charge in [-0.15, -0.1) is 0 Å². The Kier molecular flexibility index (Phi) is 5.52. The fraction of sp³-hybridized carbons (Fsp3) is 0.312. The predicted molar refractivity (Wildman–Crippen MR) is 90.7 cm³/mol. The molecule has 0 saturated carbocycles. The van der Waals surface area contributed by atoms with Gasteiger partial charge in [0.15, 0.2) is 18.2 Å². The zero-order valence-electron chi connectivity index (χ0n) is 13.0. The molecule has 1 fully saturated rings. The van der Waals surface area contributed by atoms with Crippen LogP contribution < -0.4 is 0 Å². The smallest absolute Gasteiger partial charge is 0.228 e. The molecular formula is C16H17N3O4S. The number of hydrogen-bond donors (Lipinski definition) is 1. The van der Waals surface area contributed by atoms with E-state index in [4.69, 9.17) is 31.3 Å². The van der Waals surface area contributed by atoms with Gasteiger partial charge >= 0.3 is 0 Å². The number of ether oxygens (including phenoxy) is 3. The van der Waals surface area contributed by atoms with Crippen LogP contribution in [0.3, 0.4) is 0 Å². The number of aromatic amines is 1. The van der Waals surface area contributed by atoms with Crippen molar-refractivity contribution in [1.29, 1.82) is 0 Å². The van der Waals surface area contributed by atoms with Gasteiger partial charge in [0, 0.05) is 18.0 Å². The van der Waals surface area contributed by atoms with E-state index in [1.165, 1.54) is 13.3 Å². The molecule has 0 spiro atoms. The highest BCUT2D eigenvalue weighted by atomic mass is 32.1. The molecule has 0 unspecified atom stereocenters. The third-order valence-corrected chi connectivity index (χ3v) is 3.68. The van der Waals surface area contributed by atoms with Crippen molar-refractivity contribution in [2.45, 2.75) is 18.5 Å². The number of imidazole rings is 1. The fourth-order valence-corrected chi connectivity index (χ4v) is 2.49. The number of oxime groups is 1. The number of nitrogens with one attached hydrogen (secondary N) is 1. The third-order valence-electron chi connectivity index (χ3n) is 3.39. The zero-order chi connectivity index (χ0) is 16.8. The van der Waals surface area contributed by atoms with Crippen molar-refractivity contribution >= 4 is 23.5 Å². The molecule has 1 aliphatic rings. The molecule has 126 valence electrons. The maximum atomic E-state index is 5.94. The summed E-state index contributed by atoms with van der Waals surface area (Å²) in [6.45, 7) is 0.292. The summed E-state index contributed by atoms with van der Waals surface area (Å²) in [6.07, 6.45) is 3.38. The molecule has 3 rings (SSSR count). The van der Waals surface area contributed by atoms with Crippen LogP contribution in [0.15, 0.2) is 47.9 Å². The zero-order valence-corrected chi connectivity index (χ0v) is 13.8. The van der Waals surface area contributed by atoms with Gasteiger partial charge in [0.1, 0.15) is 13.2 Å². The molecule has 8 heteroatoms. The summed E-state index contributed by atoms with van der Waals surface area (Å²) in [6, 6.07) is 9.65. The van der Waals surface area contributed by atoms with Crippen LogP contribution in [0, 0.1) is 0 Å². The fourth-order valence-electron chi connectivity index (χ4n) is 2.25. The summed E-state index contributed by atoms with van der Waals surface area (Å²) >= 11 is 5.24. The molecule has 24 heavy (non-hydrogen) atoms. The molecular weight excluding hydrogens is 330 g/mol. The highest BCUT2D eigenvalue weighted by molar-refractivity contribution is 7.80. The summed E-state index contributed by atoms with van der Waals surface area (Å²) < 4.78 is 17.5.